The highest BCUT2D eigenvalue weighted by molar-refractivity contribution is 5.89. The van der Waals surface area contributed by atoms with Crippen molar-refractivity contribution in [2.45, 2.75) is 6.92 Å². The predicted molar refractivity (Wildman–Crippen MR) is 255 cm³/mol. The average molecular weight is 783 g/mol. The summed E-state index contributed by atoms with van der Waals surface area (Å²) in [7, 11) is 0. The van der Waals surface area contributed by atoms with E-state index in [0.29, 0.717) is 0 Å². The van der Waals surface area contributed by atoms with E-state index in [2.05, 4.69) is 253 Å². The maximum absolute atomic E-state index is 5.30. The van der Waals surface area contributed by atoms with Crippen LogP contribution >= 0.6 is 0 Å². The van der Waals surface area contributed by atoms with E-state index in [1.54, 1.807) is 0 Å². The lowest BCUT2D eigenvalue weighted by molar-refractivity contribution is 1.27. The van der Waals surface area contributed by atoms with E-state index >= 15 is 0 Å². The molecule has 0 atom stereocenters. The second-order valence-electron chi connectivity index (χ2n) is 15.1. The van der Waals surface area contributed by atoms with Crippen LogP contribution in [0.5, 0.6) is 0 Å². The molecule has 0 amide bonds. The Hall–Kier alpha value is -8.08. The van der Waals surface area contributed by atoms with Crippen molar-refractivity contribution in [2.24, 2.45) is 0 Å². The Labute approximate surface area is 357 Å². The molecule has 4 heteroatoms. The second kappa shape index (κ2) is 16.6. The molecule has 0 N–H and O–H groups in total. The van der Waals surface area contributed by atoms with Crippen molar-refractivity contribution in [2.75, 3.05) is 9.80 Å². The molecule has 0 bridgehead atoms. The Morgan fingerprint density at radius 3 is 0.918 bits per heavy atom. The summed E-state index contributed by atoms with van der Waals surface area (Å²) in [5, 5.41) is 0. The van der Waals surface area contributed by atoms with E-state index in [1.165, 1.54) is 0 Å². The largest absolute Gasteiger partial charge is 0.311 e. The fraction of sp³-hybridized carbons (Fsp3) is 0.0175. The van der Waals surface area contributed by atoms with E-state index in [1.807, 2.05) is 0 Å². The monoisotopic (exact) mass is 782 g/mol. The number of aryl methyl sites for hydroxylation is 1. The molecule has 0 spiro atoms. The van der Waals surface area contributed by atoms with Crippen LogP contribution in [0.4, 0.5) is 34.1 Å². The number of anilines is 6. The SMILES string of the molecule is Cc1cccc2nc(-c3ccc(-c4ccc(N(c5ccccc5)c5ccccc5)cc4)cc3)c(-c3ccc(-c4ccc(N(c5ccccc5)c5ccccc5)cc4)cc3)nc12. The van der Waals surface area contributed by atoms with Crippen LogP contribution in [0.15, 0.2) is 237 Å². The predicted octanol–water partition coefficient (Wildman–Crippen LogP) is 15.5. The van der Waals surface area contributed by atoms with E-state index < -0.39 is 0 Å². The van der Waals surface area contributed by atoms with Crippen LogP contribution in [0.1, 0.15) is 5.56 Å². The highest BCUT2D eigenvalue weighted by Gasteiger charge is 2.17. The maximum atomic E-state index is 5.30. The summed E-state index contributed by atoms with van der Waals surface area (Å²) < 4.78 is 0. The van der Waals surface area contributed by atoms with Gasteiger partial charge in [0.05, 0.1) is 22.4 Å². The molecule has 61 heavy (non-hydrogen) atoms. The second-order valence-corrected chi connectivity index (χ2v) is 15.1. The van der Waals surface area contributed by atoms with Crippen LogP contribution in [-0.2, 0) is 0 Å². The topological polar surface area (TPSA) is 32.3 Å². The van der Waals surface area contributed by atoms with Gasteiger partial charge in [0.25, 0.3) is 0 Å². The van der Waals surface area contributed by atoms with Crippen LogP contribution in [0.25, 0.3) is 55.8 Å². The molecule has 0 radical (unpaired) electrons. The molecule has 0 fully saturated rings. The van der Waals surface area contributed by atoms with Gasteiger partial charge >= 0.3 is 0 Å². The molecule has 10 rings (SSSR count). The van der Waals surface area contributed by atoms with Gasteiger partial charge in [-0.25, -0.2) is 9.97 Å². The summed E-state index contributed by atoms with van der Waals surface area (Å²) in [5.41, 5.74) is 17.9. The molecule has 0 aliphatic rings. The normalized spacial score (nSPS) is 11.0. The van der Waals surface area contributed by atoms with Crippen LogP contribution in [0, 0.1) is 6.92 Å². The highest BCUT2D eigenvalue weighted by atomic mass is 15.1. The first-order chi connectivity index (χ1) is 30.2. The van der Waals surface area contributed by atoms with Crippen molar-refractivity contribution in [1.29, 1.82) is 0 Å². The molecule has 10 aromatic rings. The fourth-order valence-electron chi connectivity index (χ4n) is 8.07. The molecule has 9 aromatic carbocycles. The van der Waals surface area contributed by atoms with E-state index in [-0.39, 0.29) is 0 Å². The van der Waals surface area contributed by atoms with Gasteiger partial charge in [-0.05, 0) is 114 Å². The Bertz CT molecular complexity index is 2950. The number of rotatable bonds is 10. The first kappa shape index (κ1) is 37.2. The minimum Gasteiger partial charge on any atom is -0.311 e. The van der Waals surface area contributed by atoms with E-state index in [4.69, 9.17) is 9.97 Å². The van der Waals surface area contributed by atoms with Gasteiger partial charge in [0.2, 0.25) is 0 Å². The Balaban J connectivity index is 0.946. The summed E-state index contributed by atoms with van der Waals surface area (Å²) >= 11 is 0. The number of hydrogen-bond donors (Lipinski definition) is 0. The number of hydrogen-bond acceptors (Lipinski definition) is 4. The van der Waals surface area contributed by atoms with Crippen molar-refractivity contribution >= 4 is 45.2 Å². The van der Waals surface area contributed by atoms with Crippen molar-refractivity contribution in [3.63, 3.8) is 0 Å². The van der Waals surface area contributed by atoms with Crippen LogP contribution in [0.3, 0.4) is 0 Å². The van der Waals surface area contributed by atoms with Crippen molar-refractivity contribution in [1.82, 2.24) is 9.97 Å². The minimum atomic E-state index is 0.861. The van der Waals surface area contributed by atoms with Crippen molar-refractivity contribution in [3.8, 4) is 44.8 Å². The molecule has 0 aliphatic carbocycles. The van der Waals surface area contributed by atoms with Crippen LogP contribution in [-0.4, -0.2) is 9.97 Å². The lowest BCUT2D eigenvalue weighted by Gasteiger charge is -2.25. The molecule has 0 saturated heterocycles. The van der Waals surface area contributed by atoms with Gasteiger partial charge in [-0.1, -0.05) is 158 Å². The molecule has 4 nitrogen and oxygen atoms in total. The van der Waals surface area contributed by atoms with Gasteiger partial charge in [0.1, 0.15) is 0 Å². The molecular weight excluding hydrogens is 741 g/mol. The molecule has 0 unspecified atom stereocenters. The third kappa shape index (κ3) is 7.67. The van der Waals surface area contributed by atoms with Gasteiger partial charge in [0, 0.05) is 45.3 Å². The standard InChI is InChI=1S/C57H42N4/c1-41-15-14-24-54-55(41)59-57(47-31-27-43(28-32-47)45-35-39-53(40-36-45)61(50-20-10-4-11-21-50)51-22-12-5-13-23-51)56(58-54)46-29-25-42(26-30-46)44-33-37-52(38-34-44)60(48-16-6-2-7-17-48)49-18-8-3-9-19-49/h2-40H,1H3. The zero-order valence-electron chi connectivity index (χ0n) is 33.8. The number of nitrogens with zero attached hydrogens (tertiary/aromatic N) is 4. The highest BCUT2D eigenvalue weighted by Crippen LogP contribution is 2.39. The first-order valence-corrected chi connectivity index (χ1v) is 20.7. The number of benzene rings is 9. The third-order valence-corrected chi connectivity index (χ3v) is 11.2. The summed E-state index contributed by atoms with van der Waals surface area (Å²) in [5.74, 6) is 0. The van der Waals surface area contributed by atoms with Crippen LogP contribution < -0.4 is 9.80 Å². The Morgan fingerprint density at radius 1 is 0.262 bits per heavy atom. The quantitative estimate of drug-likeness (QED) is 0.138. The Morgan fingerprint density at radius 2 is 0.557 bits per heavy atom. The number of para-hydroxylation sites is 5. The van der Waals surface area contributed by atoms with Gasteiger partial charge in [-0.2, -0.15) is 0 Å². The third-order valence-electron chi connectivity index (χ3n) is 11.2. The van der Waals surface area contributed by atoms with Crippen molar-refractivity contribution < 1.29 is 0 Å². The minimum absolute atomic E-state index is 0.861. The summed E-state index contributed by atoms with van der Waals surface area (Å²) in [6.45, 7) is 2.10. The number of aromatic nitrogens is 2. The fourth-order valence-corrected chi connectivity index (χ4v) is 8.07. The lowest BCUT2D eigenvalue weighted by atomic mass is 9.98. The first-order valence-electron chi connectivity index (χ1n) is 20.7. The average Bonchev–Trinajstić information content (AvgIpc) is 3.33. The molecular formula is C57H42N4. The van der Waals surface area contributed by atoms with Gasteiger partial charge in [-0.15, -0.1) is 0 Å². The molecule has 1 heterocycles. The number of fused-ring (bicyclic) bond motifs is 1. The zero-order valence-corrected chi connectivity index (χ0v) is 33.8. The maximum Gasteiger partial charge on any atom is 0.0973 e. The van der Waals surface area contributed by atoms with Crippen LogP contribution in [0.2, 0.25) is 0 Å². The summed E-state index contributed by atoms with van der Waals surface area (Å²) in [4.78, 5) is 15.1. The molecule has 0 saturated carbocycles. The molecule has 290 valence electrons. The molecule has 0 aliphatic heterocycles. The van der Waals surface area contributed by atoms with Crippen molar-refractivity contribution in [3.05, 3.63) is 242 Å². The zero-order chi connectivity index (χ0) is 41.0. The summed E-state index contributed by atoms with van der Waals surface area (Å²) in [6.07, 6.45) is 0. The van der Waals surface area contributed by atoms with E-state index in [0.717, 1.165) is 95.5 Å². The lowest BCUT2D eigenvalue weighted by Crippen LogP contribution is -2.09. The molecule has 1 aromatic heterocycles. The van der Waals surface area contributed by atoms with Gasteiger partial charge in [0.15, 0.2) is 0 Å². The van der Waals surface area contributed by atoms with Gasteiger partial charge < -0.3 is 9.80 Å². The smallest absolute Gasteiger partial charge is 0.0973 e. The van der Waals surface area contributed by atoms with Gasteiger partial charge in [-0.3, -0.25) is 0 Å². The van der Waals surface area contributed by atoms with E-state index in [9.17, 15) is 0 Å². The summed E-state index contributed by atoms with van der Waals surface area (Å²) in [6, 6.07) is 83.2. The Kier molecular flexibility index (Phi) is 10.2.